The number of pyridine rings is 1. The molecule has 1 aromatic carbocycles. The minimum Gasteiger partial charge on any atom is -0.320 e. The highest BCUT2D eigenvalue weighted by atomic mass is 79.9. The quantitative estimate of drug-likeness (QED) is 0.379. The van der Waals surface area contributed by atoms with E-state index in [4.69, 9.17) is 23.2 Å². The van der Waals surface area contributed by atoms with Crippen molar-refractivity contribution in [2.45, 2.75) is 6.92 Å². The molecule has 2 heterocycles. The molecular formula is C20H17BrCl2N6O4S. The zero-order valence-corrected chi connectivity index (χ0v) is 21.6. The van der Waals surface area contributed by atoms with Gasteiger partial charge in [-0.25, -0.2) is 9.67 Å². The molecule has 3 aromatic rings. The largest absolute Gasteiger partial charge is 0.320 e. The molecule has 178 valence electrons. The number of anilines is 1. The van der Waals surface area contributed by atoms with Crippen LogP contribution in [0.5, 0.6) is 0 Å². The Balaban J connectivity index is 1.92. The van der Waals surface area contributed by atoms with Crippen LogP contribution in [0.1, 0.15) is 26.4 Å². The summed E-state index contributed by atoms with van der Waals surface area (Å²) in [5.74, 6) is -2.03. The molecule has 0 aliphatic rings. The molecular weight excluding hydrogens is 571 g/mol. The molecule has 0 spiro atoms. The van der Waals surface area contributed by atoms with Gasteiger partial charge in [0.15, 0.2) is 5.82 Å². The minimum absolute atomic E-state index is 0.00253. The number of nitrogens with one attached hydrogen (secondary N) is 3. The van der Waals surface area contributed by atoms with Crippen molar-refractivity contribution in [2.75, 3.05) is 17.3 Å². The maximum atomic E-state index is 13.2. The average molecular weight is 588 g/mol. The van der Waals surface area contributed by atoms with E-state index >= 15 is 0 Å². The summed E-state index contributed by atoms with van der Waals surface area (Å²) in [7, 11) is -1.38. The molecule has 0 bridgehead atoms. The number of rotatable bonds is 6. The Morgan fingerprint density at radius 2 is 1.88 bits per heavy atom. The van der Waals surface area contributed by atoms with Crippen LogP contribution in [-0.4, -0.2) is 48.7 Å². The van der Waals surface area contributed by atoms with E-state index in [0.717, 1.165) is 0 Å². The number of aromatic nitrogens is 3. The van der Waals surface area contributed by atoms with Crippen molar-refractivity contribution >= 4 is 73.3 Å². The Kier molecular flexibility index (Phi) is 8.42. The normalized spacial score (nSPS) is 11.6. The number of hydrogen-bond donors (Lipinski definition) is 3. The van der Waals surface area contributed by atoms with Gasteiger partial charge in [0.05, 0.1) is 16.3 Å². The van der Waals surface area contributed by atoms with Crippen molar-refractivity contribution in [2.24, 2.45) is 0 Å². The third kappa shape index (κ3) is 6.20. The van der Waals surface area contributed by atoms with Gasteiger partial charge in [-0.2, -0.15) is 5.10 Å². The molecule has 1 atom stereocenters. The van der Waals surface area contributed by atoms with Gasteiger partial charge >= 0.3 is 0 Å². The number of hydrogen-bond acceptors (Lipinski definition) is 6. The second kappa shape index (κ2) is 11.1. The highest BCUT2D eigenvalue weighted by molar-refractivity contribution is 9.10. The first kappa shape index (κ1) is 25.8. The lowest BCUT2D eigenvalue weighted by Gasteiger charge is -2.15. The van der Waals surface area contributed by atoms with Gasteiger partial charge < -0.3 is 5.32 Å². The zero-order chi connectivity index (χ0) is 25.0. The van der Waals surface area contributed by atoms with Crippen LogP contribution in [0.4, 0.5) is 5.69 Å². The van der Waals surface area contributed by atoms with E-state index in [9.17, 15) is 18.6 Å². The lowest BCUT2D eigenvalue weighted by Crippen LogP contribution is -2.43. The van der Waals surface area contributed by atoms with Crippen molar-refractivity contribution in [1.29, 1.82) is 0 Å². The highest BCUT2D eigenvalue weighted by Gasteiger charge is 2.22. The first-order valence-electron chi connectivity index (χ1n) is 9.44. The number of benzene rings is 1. The molecule has 14 heteroatoms. The Labute approximate surface area is 215 Å². The Bertz CT molecular complexity index is 1320. The number of carbonyl (C=O) groups excluding carboxylic acids is 3. The van der Waals surface area contributed by atoms with Crippen LogP contribution < -0.4 is 16.2 Å². The van der Waals surface area contributed by atoms with Gasteiger partial charge in [-0.15, -0.1) is 0 Å². The Morgan fingerprint density at radius 3 is 2.56 bits per heavy atom. The van der Waals surface area contributed by atoms with Gasteiger partial charge in [0.25, 0.3) is 17.7 Å². The Morgan fingerprint density at radius 1 is 1.15 bits per heavy atom. The SMILES string of the molecule is Cc1cc(Cl)cc(C(=O)NNC(=O)CS(C)=O)c1NC(=O)c1cc(Br)nn1-c1ncccc1Cl. The smallest absolute Gasteiger partial charge is 0.274 e. The van der Waals surface area contributed by atoms with Gasteiger partial charge in [0, 0.05) is 34.3 Å². The zero-order valence-electron chi connectivity index (χ0n) is 17.7. The van der Waals surface area contributed by atoms with Crippen LogP contribution in [0.25, 0.3) is 5.82 Å². The fourth-order valence-electron chi connectivity index (χ4n) is 2.89. The van der Waals surface area contributed by atoms with Crippen molar-refractivity contribution in [3.8, 4) is 5.82 Å². The van der Waals surface area contributed by atoms with Gasteiger partial charge in [-0.3, -0.25) is 29.4 Å². The third-order valence-electron chi connectivity index (χ3n) is 4.29. The molecule has 2 aromatic heterocycles. The van der Waals surface area contributed by atoms with E-state index in [1.54, 1.807) is 25.1 Å². The summed E-state index contributed by atoms with van der Waals surface area (Å²) in [4.78, 5) is 41.9. The first-order valence-corrected chi connectivity index (χ1v) is 12.7. The molecule has 0 saturated carbocycles. The molecule has 10 nitrogen and oxygen atoms in total. The number of aryl methyl sites for hydroxylation is 1. The van der Waals surface area contributed by atoms with E-state index in [1.807, 2.05) is 0 Å². The minimum atomic E-state index is -1.38. The number of carbonyl (C=O) groups is 3. The van der Waals surface area contributed by atoms with Crippen LogP contribution in [0, 0.1) is 6.92 Å². The van der Waals surface area contributed by atoms with Crippen molar-refractivity contribution < 1.29 is 18.6 Å². The summed E-state index contributed by atoms with van der Waals surface area (Å²) in [6.07, 6.45) is 2.86. The summed E-state index contributed by atoms with van der Waals surface area (Å²) in [5, 5.41) is 7.44. The summed E-state index contributed by atoms with van der Waals surface area (Å²) in [6, 6.07) is 7.62. The van der Waals surface area contributed by atoms with E-state index < -0.39 is 28.5 Å². The molecule has 0 aliphatic heterocycles. The van der Waals surface area contributed by atoms with Gasteiger partial charge in [0.2, 0.25) is 0 Å². The molecule has 0 saturated heterocycles. The lowest BCUT2D eigenvalue weighted by molar-refractivity contribution is -0.119. The van der Waals surface area contributed by atoms with Crippen LogP contribution in [0.3, 0.4) is 0 Å². The van der Waals surface area contributed by atoms with E-state index in [1.165, 1.54) is 29.3 Å². The molecule has 1 unspecified atom stereocenters. The first-order chi connectivity index (χ1) is 16.1. The summed E-state index contributed by atoms with van der Waals surface area (Å²) in [6.45, 7) is 1.65. The molecule has 3 rings (SSSR count). The van der Waals surface area contributed by atoms with Crippen LogP contribution in [0.2, 0.25) is 10.0 Å². The van der Waals surface area contributed by atoms with E-state index in [0.29, 0.717) is 10.2 Å². The van der Waals surface area contributed by atoms with Crippen molar-refractivity contribution in [3.63, 3.8) is 0 Å². The summed E-state index contributed by atoms with van der Waals surface area (Å²) < 4.78 is 12.8. The van der Waals surface area contributed by atoms with Crippen molar-refractivity contribution in [3.05, 3.63) is 68.0 Å². The maximum Gasteiger partial charge on any atom is 0.274 e. The van der Waals surface area contributed by atoms with Gasteiger partial charge in [-0.05, 0) is 52.7 Å². The van der Waals surface area contributed by atoms with Crippen LogP contribution >= 0.6 is 39.1 Å². The van der Waals surface area contributed by atoms with Crippen LogP contribution in [0.15, 0.2) is 41.1 Å². The van der Waals surface area contributed by atoms with E-state index in [-0.39, 0.29) is 38.6 Å². The fraction of sp³-hybridized carbons (Fsp3) is 0.150. The number of hydrazine groups is 1. The number of amides is 3. The molecule has 0 aliphatic carbocycles. The van der Waals surface area contributed by atoms with E-state index in [2.05, 4.69) is 42.2 Å². The summed E-state index contributed by atoms with van der Waals surface area (Å²) in [5.41, 5.74) is 5.14. The molecule has 34 heavy (non-hydrogen) atoms. The highest BCUT2D eigenvalue weighted by Crippen LogP contribution is 2.27. The third-order valence-corrected chi connectivity index (χ3v) is 5.85. The Hall–Kier alpha value is -2.80. The molecule has 0 radical (unpaired) electrons. The maximum absolute atomic E-state index is 13.2. The summed E-state index contributed by atoms with van der Waals surface area (Å²) >= 11 is 15.6. The molecule has 3 amide bonds. The predicted octanol–water partition coefficient (Wildman–Crippen LogP) is 3.04. The van der Waals surface area contributed by atoms with Gasteiger partial charge in [0.1, 0.15) is 16.0 Å². The monoisotopic (exact) mass is 586 g/mol. The second-order valence-electron chi connectivity index (χ2n) is 6.89. The fourth-order valence-corrected chi connectivity index (χ4v) is 4.18. The standard InChI is InChI=1S/C20H17BrCl2N6O4S/c1-10-6-11(22)7-12(19(31)27-26-16(30)9-34(2)33)17(10)25-20(32)14-8-15(21)28-29(14)18-13(23)4-3-5-24-18/h3-8H,9H2,1-2H3,(H,25,32)(H,26,30)(H,27,31). The number of nitrogens with zero attached hydrogens (tertiary/aromatic N) is 3. The van der Waals surface area contributed by atoms with Gasteiger partial charge in [-0.1, -0.05) is 23.2 Å². The predicted molar refractivity (Wildman–Crippen MR) is 133 cm³/mol. The van der Waals surface area contributed by atoms with Crippen LogP contribution in [-0.2, 0) is 15.6 Å². The van der Waals surface area contributed by atoms with Crippen molar-refractivity contribution in [1.82, 2.24) is 25.6 Å². The average Bonchev–Trinajstić information content (AvgIpc) is 3.15. The molecule has 3 N–H and O–H groups in total. The molecule has 0 fully saturated rings. The number of halogens is 3. The lowest BCUT2D eigenvalue weighted by atomic mass is 10.1. The topological polar surface area (TPSA) is 135 Å². The second-order valence-corrected chi connectivity index (χ2v) is 9.98.